The fourth-order valence-corrected chi connectivity index (χ4v) is 2.60. The molecule has 7 heteroatoms. The summed E-state index contributed by atoms with van der Waals surface area (Å²) in [6, 6.07) is 1.06. The molecule has 1 atom stereocenters. The number of nitrogens with zero attached hydrogens (tertiary/aromatic N) is 1. The second kappa shape index (κ2) is 3.91. The molecule has 1 aromatic rings. The maximum atomic E-state index is 11.4. The van der Waals surface area contributed by atoms with Crippen molar-refractivity contribution in [1.29, 1.82) is 0 Å². The van der Waals surface area contributed by atoms with Crippen molar-refractivity contribution in [3.05, 3.63) is 22.0 Å². The molecule has 0 radical (unpaired) electrons. The Morgan fingerprint density at radius 1 is 1.44 bits per heavy atom. The summed E-state index contributed by atoms with van der Waals surface area (Å²) in [6.45, 7) is 2.66. The quantitative estimate of drug-likeness (QED) is 0.753. The monoisotopic (exact) mass is 247 g/mol. The molecule has 16 heavy (non-hydrogen) atoms. The lowest BCUT2D eigenvalue weighted by molar-refractivity contribution is 0.108. The fourth-order valence-electron chi connectivity index (χ4n) is 1.53. The highest BCUT2D eigenvalue weighted by atomic mass is 32.2. The molecule has 1 heterocycles. The Hall–Kier alpha value is -1.34. The summed E-state index contributed by atoms with van der Waals surface area (Å²) in [5, 5.41) is 19.0. The summed E-state index contributed by atoms with van der Waals surface area (Å²) in [5.41, 5.74) is -0.501. The first-order chi connectivity index (χ1) is 7.16. The predicted molar refractivity (Wildman–Crippen MR) is 57.1 cm³/mol. The van der Waals surface area contributed by atoms with Crippen LogP contribution in [-0.2, 0) is 9.84 Å². The van der Waals surface area contributed by atoms with Crippen LogP contribution in [0.1, 0.15) is 18.7 Å². The van der Waals surface area contributed by atoms with Gasteiger partial charge in [0, 0.05) is 12.3 Å². The number of pyridine rings is 1. The van der Waals surface area contributed by atoms with Gasteiger partial charge in [-0.15, -0.1) is 0 Å². The zero-order chi connectivity index (χ0) is 12.7. The number of hydrogen-bond acceptors (Lipinski definition) is 5. The molecule has 0 fully saturated rings. The first-order valence-corrected chi connectivity index (χ1v) is 6.38. The van der Waals surface area contributed by atoms with Gasteiger partial charge in [-0.2, -0.15) is 0 Å². The molecule has 0 amide bonds. The average Bonchev–Trinajstić information content (AvgIpc) is 1.97. The van der Waals surface area contributed by atoms with Gasteiger partial charge in [-0.1, -0.05) is 0 Å². The highest BCUT2D eigenvalue weighted by molar-refractivity contribution is 7.90. The van der Waals surface area contributed by atoms with Crippen molar-refractivity contribution in [3.8, 4) is 5.88 Å². The Labute approximate surface area is 92.7 Å². The number of hydrogen-bond donors (Lipinski definition) is 2. The van der Waals surface area contributed by atoms with Crippen LogP contribution in [0.5, 0.6) is 5.88 Å². The van der Waals surface area contributed by atoms with Crippen LogP contribution >= 0.6 is 0 Å². The van der Waals surface area contributed by atoms with Gasteiger partial charge in [0.1, 0.15) is 11.1 Å². The van der Waals surface area contributed by atoms with E-state index in [1.165, 1.54) is 13.8 Å². The van der Waals surface area contributed by atoms with Gasteiger partial charge in [-0.05, 0) is 19.4 Å². The lowest BCUT2D eigenvalue weighted by Gasteiger charge is -2.15. The van der Waals surface area contributed by atoms with Crippen molar-refractivity contribution < 1.29 is 18.6 Å². The number of aliphatic hydroxyl groups is 1. The van der Waals surface area contributed by atoms with Gasteiger partial charge in [0.05, 0.1) is 0 Å². The van der Waals surface area contributed by atoms with Gasteiger partial charge in [0.15, 0.2) is 9.84 Å². The van der Waals surface area contributed by atoms with Gasteiger partial charge in [-0.25, -0.2) is 8.42 Å². The molecule has 1 rings (SSSR count). The van der Waals surface area contributed by atoms with E-state index in [9.17, 15) is 23.4 Å². The fraction of sp³-hybridized carbons (Fsp3) is 0.444. The highest BCUT2D eigenvalue weighted by Crippen LogP contribution is 2.25. The van der Waals surface area contributed by atoms with Crippen molar-refractivity contribution in [3.63, 3.8) is 0 Å². The summed E-state index contributed by atoms with van der Waals surface area (Å²) < 4.78 is 23.4. The van der Waals surface area contributed by atoms with Crippen molar-refractivity contribution in [2.45, 2.75) is 25.0 Å². The molecule has 1 unspecified atom stereocenters. The van der Waals surface area contributed by atoms with E-state index < -0.39 is 27.5 Å². The molecule has 0 saturated carbocycles. The van der Waals surface area contributed by atoms with Gasteiger partial charge >= 0.3 is 0 Å². The summed E-state index contributed by atoms with van der Waals surface area (Å²) in [6.07, 6.45) is -0.375. The molecular formula is C9H13NO5S. The molecule has 0 saturated heterocycles. The van der Waals surface area contributed by atoms with Gasteiger partial charge in [-0.3, -0.25) is 9.36 Å². The summed E-state index contributed by atoms with van der Waals surface area (Å²) in [7, 11) is -3.66. The largest absolute Gasteiger partial charge is 0.493 e. The van der Waals surface area contributed by atoms with Crippen LogP contribution in [0.25, 0.3) is 0 Å². The van der Waals surface area contributed by atoms with Crippen molar-refractivity contribution in [2.75, 3.05) is 6.26 Å². The first kappa shape index (κ1) is 12.7. The van der Waals surface area contributed by atoms with Crippen LogP contribution in [0.4, 0.5) is 0 Å². The minimum absolute atomic E-state index is 0.155. The second-order valence-electron chi connectivity index (χ2n) is 3.59. The Kier molecular flexibility index (Phi) is 3.11. The van der Waals surface area contributed by atoms with Crippen LogP contribution in [0.2, 0.25) is 0 Å². The lowest BCUT2D eigenvalue weighted by Crippen LogP contribution is -2.24. The zero-order valence-electron chi connectivity index (χ0n) is 9.13. The number of aromatic nitrogens is 1. The van der Waals surface area contributed by atoms with Gasteiger partial charge in [0.2, 0.25) is 5.88 Å². The summed E-state index contributed by atoms with van der Waals surface area (Å²) >= 11 is 0. The maximum Gasteiger partial charge on any atom is 0.255 e. The van der Waals surface area contributed by atoms with E-state index in [0.29, 0.717) is 4.57 Å². The Morgan fingerprint density at radius 2 is 1.94 bits per heavy atom. The van der Waals surface area contributed by atoms with Crippen LogP contribution in [0.3, 0.4) is 0 Å². The SMILES string of the molecule is Cc1cc(=O)n(C(C)O)c(O)c1S(C)(=O)=O. The van der Waals surface area contributed by atoms with E-state index in [1.54, 1.807) is 0 Å². The van der Waals surface area contributed by atoms with Gasteiger partial charge < -0.3 is 10.2 Å². The zero-order valence-corrected chi connectivity index (χ0v) is 9.95. The van der Waals surface area contributed by atoms with E-state index >= 15 is 0 Å². The minimum atomic E-state index is -3.66. The van der Waals surface area contributed by atoms with Crippen molar-refractivity contribution in [2.24, 2.45) is 0 Å². The normalized spacial score (nSPS) is 13.8. The molecule has 0 aliphatic carbocycles. The molecule has 0 aliphatic rings. The molecule has 2 N–H and O–H groups in total. The van der Waals surface area contributed by atoms with E-state index in [4.69, 9.17) is 0 Å². The second-order valence-corrected chi connectivity index (χ2v) is 5.54. The molecule has 0 aliphatic heterocycles. The number of aromatic hydroxyl groups is 1. The number of aryl methyl sites for hydroxylation is 1. The van der Waals surface area contributed by atoms with E-state index in [2.05, 4.69) is 0 Å². The molecule has 0 bridgehead atoms. The smallest absolute Gasteiger partial charge is 0.255 e. The van der Waals surface area contributed by atoms with Crippen molar-refractivity contribution >= 4 is 9.84 Å². The average molecular weight is 247 g/mol. The molecular weight excluding hydrogens is 234 g/mol. The lowest BCUT2D eigenvalue weighted by atomic mass is 10.3. The first-order valence-electron chi connectivity index (χ1n) is 4.49. The van der Waals surface area contributed by atoms with Crippen LogP contribution in [0.15, 0.2) is 15.8 Å². The van der Waals surface area contributed by atoms with Crippen molar-refractivity contribution in [1.82, 2.24) is 4.57 Å². The standard InChI is InChI=1S/C9H13NO5S/c1-5-4-7(12)10(6(2)11)9(13)8(5)16(3,14)15/h4,6,11,13H,1-3H3. The summed E-state index contributed by atoms with van der Waals surface area (Å²) in [5.74, 6) is -0.734. The van der Waals surface area contributed by atoms with Gasteiger partial charge in [0.25, 0.3) is 5.56 Å². The molecule has 90 valence electrons. The Morgan fingerprint density at radius 3 is 2.31 bits per heavy atom. The predicted octanol–water partition coefficient (Wildman–Crippen LogP) is -0.223. The van der Waals surface area contributed by atoms with Crippen LogP contribution in [0, 0.1) is 6.92 Å². The van der Waals surface area contributed by atoms with E-state index in [-0.39, 0.29) is 10.5 Å². The number of rotatable bonds is 2. The molecule has 0 aromatic carbocycles. The highest BCUT2D eigenvalue weighted by Gasteiger charge is 2.22. The molecule has 0 spiro atoms. The Bertz CT molecular complexity index is 570. The Balaban J connectivity index is 3.80. The van der Waals surface area contributed by atoms with E-state index in [1.807, 2.05) is 0 Å². The molecule has 1 aromatic heterocycles. The molecule has 6 nitrogen and oxygen atoms in total. The third kappa shape index (κ3) is 2.10. The maximum absolute atomic E-state index is 11.4. The van der Waals surface area contributed by atoms with Crippen LogP contribution < -0.4 is 5.56 Å². The summed E-state index contributed by atoms with van der Waals surface area (Å²) in [4.78, 5) is 11.1. The topological polar surface area (TPSA) is 96.6 Å². The number of sulfone groups is 1. The third-order valence-corrected chi connectivity index (χ3v) is 3.36. The number of aliphatic hydroxyl groups excluding tert-OH is 1. The minimum Gasteiger partial charge on any atom is -0.493 e. The van der Waals surface area contributed by atoms with Crippen LogP contribution in [-0.4, -0.2) is 29.5 Å². The van der Waals surface area contributed by atoms with E-state index in [0.717, 1.165) is 12.3 Å². The third-order valence-electron chi connectivity index (χ3n) is 2.11.